The van der Waals surface area contributed by atoms with Crippen LogP contribution in [0, 0.1) is 0 Å². The standard InChI is InChI=1S/C16H14B2O2/c17-7-15(19)9-1-3-11-13(5-9)12-4-2-10(6-14(11)12)16(20)8-18/h1-6H,7-8,17-18H2. The van der Waals surface area contributed by atoms with Gasteiger partial charge in [-0.25, -0.2) is 0 Å². The van der Waals surface area contributed by atoms with Gasteiger partial charge < -0.3 is 0 Å². The Labute approximate surface area is 120 Å². The number of carbonyl (C=O) groups is 2. The first-order chi connectivity index (χ1) is 9.65. The van der Waals surface area contributed by atoms with E-state index in [1.165, 1.54) is 0 Å². The zero-order chi connectivity index (χ0) is 14.3. The minimum Gasteiger partial charge on any atom is -0.295 e. The SMILES string of the molecule is BCC(=O)c1ccc2c(c1)-c1ccc(C(=O)CB)cc1-2. The molecule has 3 rings (SSSR count). The Bertz CT molecular complexity index is 657. The van der Waals surface area contributed by atoms with Crippen molar-refractivity contribution < 1.29 is 9.59 Å². The highest BCUT2D eigenvalue weighted by atomic mass is 16.1. The summed E-state index contributed by atoms with van der Waals surface area (Å²) < 4.78 is 0. The molecule has 0 spiro atoms. The average Bonchev–Trinajstić information content (AvgIpc) is 2.50. The molecule has 4 heteroatoms. The second kappa shape index (κ2) is 4.78. The first-order valence-corrected chi connectivity index (χ1v) is 7.01. The van der Waals surface area contributed by atoms with Gasteiger partial charge in [-0.05, 0) is 47.0 Å². The first kappa shape index (κ1) is 12.9. The zero-order valence-electron chi connectivity index (χ0n) is 11.7. The van der Waals surface area contributed by atoms with Gasteiger partial charge in [-0.15, -0.1) is 0 Å². The third-order valence-electron chi connectivity index (χ3n) is 3.91. The second-order valence-electron chi connectivity index (χ2n) is 5.07. The van der Waals surface area contributed by atoms with Crippen LogP contribution >= 0.6 is 0 Å². The van der Waals surface area contributed by atoms with Gasteiger partial charge in [0.05, 0.1) is 0 Å². The van der Waals surface area contributed by atoms with Crippen LogP contribution in [0.3, 0.4) is 0 Å². The maximum Gasteiger partial charge on any atom is 0.155 e. The Morgan fingerprint density at radius 3 is 1.45 bits per heavy atom. The van der Waals surface area contributed by atoms with Crippen LogP contribution in [-0.4, -0.2) is 27.3 Å². The van der Waals surface area contributed by atoms with Crippen LogP contribution in [0.1, 0.15) is 20.7 Å². The molecule has 2 aromatic carbocycles. The largest absolute Gasteiger partial charge is 0.295 e. The number of benzene rings is 2. The van der Waals surface area contributed by atoms with Gasteiger partial charge in [0.1, 0.15) is 15.7 Å². The number of Topliss-reactive ketones (excluding diaryl/α,β-unsaturated/α-hetero) is 2. The van der Waals surface area contributed by atoms with E-state index >= 15 is 0 Å². The Morgan fingerprint density at radius 1 is 0.700 bits per heavy atom. The lowest BCUT2D eigenvalue weighted by molar-refractivity contribution is 0.101. The minimum atomic E-state index is 0.166. The van der Waals surface area contributed by atoms with Crippen molar-refractivity contribution >= 4 is 27.3 Å². The van der Waals surface area contributed by atoms with Crippen molar-refractivity contribution in [1.29, 1.82) is 0 Å². The summed E-state index contributed by atoms with van der Waals surface area (Å²) in [5, 5.41) is 0. The third-order valence-corrected chi connectivity index (χ3v) is 3.91. The molecule has 0 saturated heterocycles. The quantitative estimate of drug-likeness (QED) is 0.529. The molecule has 0 heterocycles. The fourth-order valence-corrected chi connectivity index (χ4v) is 2.70. The van der Waals surface area contributed by atoms with Gasteiger partial charge in [-0.3, -0.25) is 9.59 Å². The number of hydrogen-bond donors (Lipinski definition) is 0. The predicted octanol–water partition coefficient (Wildman–Crippen LogP) is 1.80. The predicted molar refractivity (Wildman–Crippen MR) is 86.2 cm³/mol. The topological polar surface area (TPSA) is 34.1 Å². The lowest BCUT2D eigenvalue weighted by atomic mass is 9.77. The fourth-order valence-electron chi connectivity index (χ4n) is 2.70. The number of ketones is 2. The van der Waals surface area contributed by atoms with Crippen LogP contribution in [0.5, 0.6) is 0 Å². The molecule has 96 valence electrons. The molecule has 0 saturated carbocycles. The second-order valence-corrected chi connectivity index (χ2v) is 5.07. The zero-order valence-corrected chi connectivity index (χ0v) is 11.7. The summed E-state index contributed by atoms with van der Waals surface area (Å²) in [7, 11) is 3.75. The van der Waals surface area contributed by atoms with Gasteiger partial charge >= 0.3 is 0 Å². The summed E-state index contributed by atoms with van der Waals surface area (Å²) >= 11 is 0. The monoisotopic (exact) mass is 260 g/mol. The highest BCUT2D eigenvalue weighted by Crippen LogP contribution is 2.47. The molecule has 0 N–H and O–H groups in total. The molecule has 0 bridgehead atoms. The molecule has 2 aromatic rings. The minimum absolute atomic E-state index is 0.166. The van der Waals surface area contributed by atoms with Crippen molar-refractivity contribution in [3.8, 4) is 22.3 Å². The lowest BCUT2D eigenvalue weighted by Crippen LogP contribution is -2.06. The third kappa shape index (κ3) is 1.83. The Kier molecular flexibility index (Phi) is 3.09. The van der Waals surface area contributed by atoms with Crippen molar-refractivity contribution in [2.75, 3.05) is 0 Å². The van der Waals surface area contributed by atoms with E-state index in [2.05, 4.69) is 0 Å². The van der Waals surface area contributed by atoms with E-state index in [1.54, 1.807) is 0 Å². The van der Waals surface area contributed by atoms with Crippen molar-refractivity contribution in [1.82, 2.24) is 0 Å². The number of hydrogen-bond acceptors (Lipinski definition) is 2. The molecule has 1 aliphatic rings. The van der Waals surface area contributed by atoms with Crippen LogP contribution in [0.15, 0.2) is 36.4 Å². The normalized spacial score (nSPS) is 11.2. The Balaban J connectivity index is 2.01. The summed E-state index contributed by atoms with van der Waals surface area (Å²) in [5.74, 6) is 0.332. The molecule has 20 heavy (non-hydrogen) atoms. The summed E-state index contributed by atoms with van der Waals surface area (Å²) in [6, 6.07) is 11.7. The van der Waals surface area contributed by atoms with E-state index < -0.39 is 0 Å². The molecule has 0 fully saturated rings. The van der Waals surface area contributed by atoms with Crippen molar-refractivity contribution in [2.45, 2.75) is 12.6 Å². The number of carbonyl (C=O) groups excluding carboxylic acids is 2. The average molecular weight is 260 g/mol. The Hall–Kier alpha value is -2.09. The van der Waals surface area contributed by atoms with Gasteiger partial charge in [-0.2, -0.15) is 0 Å². The van der Waals surface area contributed by atoms with E-state index in [1.807, 2.05) is 52.1 Å². The van der Waals surface area contributed by atoms with Gasteiger partial charge in [0.2, 0.25) is 0 Å². The molecule has 0 amide bonds. The van der Waals surface area contributed by atoms with E-state index in [0.717, 1.165) is 33.4 Å². The van der Waals surface area contributed by atoms with Crippen LogP contribution in [0.2, 0.25) is 12.6 Å². The fraction of sp³-hybridized carbons (Fsp3) is 0.125. The lowest BCUT2D eigenvalue weighted by Gasteiger charge is -2.25. The summed E-state index contributed by atoms with van der Waals surface area (Å²) in [5.41, 5.74) is 6.05. The number of rotatable bonds is 4. The van der Waals surface area contributed by atoms with Crippen molar-refractivity contribution in [3.63, 3.8) is 0 Å². The molecule has 1 aliphatic carbocycles. The van der Waals surface area contributed by atoms with Crippen molar-refractivity contribution in [3.05, 3.63) is 47.5 Å². The Morgan fingerprint density at radius 2 is 1.10 bits per heavy atom. The smallest absolute Gasteiger partial charge is 0.155 e. The van der Waals surface area contributed by atoms with E-state index in [4.69, 9.17) is 0 Å². The highest BCUT2D eigenvalue weighted by molar-refractivity contribution is 6.25. The molecular formula is C16H14B2O2. The highest BCUT2D eigenvalue weighted by Gasteiger charge is 2.24. The van der Waals surface area contributed by atoms with Gasteiger partial charge in [0.25, 0.3) is 0 Å². The van der Waals surface area contributed by atoms with Crippen LogP contribution in [0.25, 0.3) is 22.3 Å². The van der Waals surface area contributed by atoms with Gasteiger partial charge in [-0.1, -0.05) is 24.3 Å². The molecule has 0 unspecified atom stereocenters. The van der Waals surface area contributed by atoms with Crippen LogP contribution in [-0.2, 0) is 0 Å². The van der Waals surface area contributed by atoms with Crippen LogP contribution < -0.4 is 0 Å². The molecule has 2 nitrogen and oxygen atoms in total. The van der Waals surface area contributed by atoms with E-state index in [0.29, 0.717) is 12.6 Å². The van der Waals surface area contributed by atoms with Gasteiger partial charge in [0, 0.05) is 11.1 Å². The molecule has 0 atom stereocenters. The molecule has 0 aliphatic heterocycles. The summed E-state index contributed by atoms with van der Waals surface area (Å²) in [6.45, 7) is 0. The summed E-state index contributed by atoms with van der Waals surface area (Å²) in [4.78, 5) is 23.5. The van der Waals surface area contributed by atoms with E-state index in [9.17, 15) is 9.59 Å². The van der Waals surface area contributed by atoms with Crippen molar-refractivity contribution in [2.24, 2.45) is 0 Å². The molecule has 0 radical (unpaired) electrons. The van der Waals surface area contributed by atoms with E-state index in [-0.39, 0.29) is 11.6 Å². The molecular weight excluding hydrogens is 246 g/mol. The first-order valence-electron chi connectivity index (χ1n) is 7.01. The molecule has 0 aromatic heterocycles. The maximum absolute atomic E-state index is 11.8. The maximum atomic E-state index is 11.8. The number of fused-ring (bicyclic) bond motifs is 4. The van der Waals surface area contributed by atoms with Gasteiger partial charge in [0.15, 0.2) is 11.6 Å². The summed E-state index contributed by atoms with van der Waals surface area (Å²) in [6.07, 6.45) is 1.05. The van der Waals surface area contributed by atoms with Crippen LogP contribution in [0.4, 0.5) is 0 Å².